The van der Waals surface area contributed by atoms with Gasteiger partial charge in [-0.25, -0.2) is 4.39 Å². The fourth-order valence-electron chi connectivity index (χ4n) is 2.17. The molecule has 3 nitrogen and oxygen atoms in total. The molecule has 1 aromatic carbocycles. The van der Waals surface area contributed by atoms with Gasteiger partial charge in [0.15, 0.2) is 0 Å². The highest BCUT2D eigenvalue weighted by atomic mass is 19.1. The molecule has 20 heavy (non-hydrogen) atoms. The predicted molar refractivity (Wildman–Crippen MR) is 74.7 cm³/mol. The van der Waals surface area contributed by atoms with Gasteiger partial charge in [-0.1, -0.05) is 11.8 Å². The highest BCUT2D eigenvalue weighted by Gasteiger charge is 2.33. The number of amides is 1. The van der Waals surface area contributed by atoms with Crippen molar-refractivity contribution < 1.29 is 14.3 Å². The summed E-state index contributed by atoms with van der Waals surface area (Å²) in [6.45, 7) is 1.96. The van der Waals surface area contributed by atoms with E-state index in [1.54, 1.807) is 0 Å². The Bertz CT molecular complexity index is 568. The third kappa shape index (κ3) is 3.37. The first-order valence-corrected chi connectivity index (χ1v) is 6.76. The smallest absolute Gasteiger partial charge is 0.254 e. The Kier molecular flexibility index (Phi) is 4.41. The van der Waals surface area contributed by atoms with Gasteiger partial charge in [-0.3, -0.25) is 4.79 Å². The Morgan fingerprint density at radius 1 is 1.50 bits per heavy atom. The number of hydrogen-bond acceptors (Lipinski definition) is 2. The van der Waals surface area contributed by atoms with Crippen molar-refractivity contribution in [3.8, 4) is 11.8 Å². The maximum absolute atomic E-state index is 13.8. The lowest BCUT2D eigenvalue weighted by Crippen LogP contribution is -2.51. The fourth-order valence-corrected chi connectivity index (χ4v) is 2.17. The number of nitrogens with one attached hydrogen (secondary N) is 1. The van der Waals surface area contributed by atoms with E-state index in [9.17, 15) is 9.18 Å². The predicted octanol–water partition coefficient (Wildman–Crippen LogP) is 2.23. The van der Waals surface area contributed by atoms with Crippen LogP contribution < -0.4 is 5.32 Å². The lowest BCUT2D eigenvalue weighted by atomic mass is 9.78. The molecular weight excluding hydrogens is 257 g/mol. The van der Waals surface area contributed by atoms with Gasteiger partial charge in [0.1, 0.15) is 5.82 Å². The Hall–Kier alpha value is -1.86. The first-order valence-electron chi connectivity index (χ1n) is 6.76. The summed E-state index contributed by atoms with van der Waals surface area (Å²) in [7, 11) is 0. The van der Waals surface area contributed by atoms with Crippen molar-refractivity contribution >= 4 is 5.91 Å². The van der Waals surface area contributed by atoms with Gasteiger partial charge >= 0.3 is 0 Å². The molecule has 0 aliphatic heterocycles. The number of aliphatic hydroxyl groups is 1. The van der Waals surface area contributed by atoms with Crippen LogP contribution in [0.4, 0.5) is 4.39 Å². The molecule has 106 valence electrons. The van der Waals surface area contributed by atoms with Gasteiger partial charge < -0.3 is 10.4 Å². The molecule has 0 bridgehead atoms. The Morgan fingerprint density at radius 2 is 2.25 bits per heavy atom. The van der Waals surface area contributed by atoms with Crippen LogP contribution in [0.25, 0.3) is 0 Å². The average Bonchev–Trinajstić information content (AvgIpc) is 2.39. The van der Waals surface area contributed by atoms with Crippen molar-refractivity contribution in [3.63, 3.8) is 0 Å². The summed E-state index contributed by atoms with van der Waals surface area (Å²) in [6.07, 6.45) is 3.30. The van der Waals surface area contributed by atoms with Gasteiger partial charge in [-0.2, -0.15) is 0 Å². The largest absolute Gasteiger partial charge is 0.395 e. The number of benzene rings is 1. The molecular formula is C16H18FNO2. The first kappa shape index (κ1) is 14.5. The third-order valence-electron chi connectivity index (χ3n) is 3.55. The zero-order valence-corrected chi connectivity index (χ0v) is 11.5. The van der Waals surface area contributed by atoms with Gasteiger partial charge in [0.05, 0.1) is 12.2 Å². The van der Waals surface area contributed by atoms with Crippen LogP contribution in [0.5, 0.6) is 0 Å². The normalized spacial score (nSPS) is 15.8. The molecule has 0 unspecified atom stereocenters. The van der Waals surface area contributed by atoms with Crippen LogP contribution in [0.15, 0.2) is 18.2 Å². The number of halogens is 1. The van der Waals surface area contributed by atoms with Crippen molar-refractivity contribution in [3.05, 3.63) is 35.1 Å². The van der Waals surface area contributed by atoms with E-state index >= 15 is 0 Å². The van der Waals surface area contributed by atoms with E-state index < -0.39 is 11.7 Å². The topological polar surface area (TPSA) is 49.3 Å². The summed E-state index contributed by atoms with van der Waals surface area (Å²) in [6, 6.07) is 4.24. The lowest BCUT2D eigenvalue weighted by molar-refractivity contribution is 0.0846. The van der Waals surface area contributed by atoms with Crippen LogP contribution in [0, 0.1) is 17.7 Å². The second-order valence-electron chi connectivity index (χ2n) is 5.34. The van der Waals surface area contributed by atoms with Gasteiger partial charge in [0, 0.05) is 17.5 Å². The van der Waals surface area contributed by atoms with E-state index in [0.29, 0.717) is 12.0 Å². The lowest BCUT2D eigenvalue weighted by Gasteiger charge is -2.39. The minimum atomic E-state index is -0.543. The molecule has 1 aliphatic carbocycles. The van der Waals surface area contributed by atoms with Gasteiger partial charge in [0.25, 0.3) is 5.91 Å². The van der Waals surface area contributed by atoms with E-state index in [1.807, 2.05) is 6.92 Å². The molecule has 0 heterocycles. The molecule has 0 radical (unpaired) electrons. The molecule has 2 N–H and O–H groups in total. The summed E-state index contributed by atoms with van der Waals surface area (Å²) < 4.78 is 13.8. The van der Waals surface area contributed by atoms with E-state index in [4.69, 9.17) is 5.11 Å². The summed E-state index contributed by atoms with van der Waals surface area (Å²) in [5.74, 6) is 4.62. The highest BCUT2D eigenvalue weighted by molar-refractivity contribution is 5.95. The molecule has 0 atom stereocenters. The molecule has 1 aliphatic rings. The maximum Gasteiger partial charge on any atom is 0.254 e. The molecule has 1 amide bonds. The van der Waals surface area contributed by atoms with Crippen LogP contribution in [0.2, 0.25) is 0 Å². The molecule has 1 aromatic rings. The molecule has 0 aromatic heterocycles. The van der Waals surface area contributed by atoms with Crippen LogP contribution in [-0.4, -0.2) is 23.2 Å². The van der Waals surface area contributed by atoms with E-state index in [2.05, 4.69) is 17.2 Å². The fraction of sp³-hybridized carbons (Fsp3) is 0.438. The van der Waals surface area contributed by atoms with Crippen molar-refractivity contribution in [2.24, 2.45) is 0 Å². The monoisotopic (exact) mass is 275 g/mol. The molecule has 1 saturated carbocycles. The van der Waals surface area contributed by atoms with Gasteiger partial charge in [-0.05, 0) is 44.4 Å². The maximum atomic E-state index is 13.8. The van der Waals surface area contributed by atoms with E-state index in [1.165, 1.54) is 18.2 Å². The third-order valence-corrected chi connectivity index (χ3v) is 3.55. The minimum absolute atomic E-state index is 0.0140. The number of rotatable bonds is 3. The SMILES string of the molecule is CC1(NC(=O)c2cc(C#CCCO)ccc2F)CCC1. The minimum Gasteiger partial charge on any atom is -0.395 e. The van der Waals surface area contributed by atoms with Crippen molar-refractivity contribution in [1.82, 2.24) is 5.32 Å². The van der Waals surface area contributed by atoms with Gasteiger partial charge in [0.2, 0.25) is 0 Å². The van der Waals surface area contributed by atoms with E-state index in [0.717, 1.165) is 19.3 Å². The summed E-state index contributed by atoms with van der Waals surface area (Å²) in [5, 5.41) is 11.5. The number of hydrogen-bond donors (Lipinski definition) is 2. The van der Waals surface area contributed by atoms with Crippen molar-refractivity contribution in [2.75, 3.05) is 6.61 Å². The second-order valence-corrected chi connectivity index (χ2v) is 5.34. The van der Waals surface area contributed by atoms with Crippen LogP contribution >= 0.6 is 0 Å². The Morgan fingerprint density at radius 3 is 2.85 bits per heavy atom. The summed E-state index contributed by atoms with van der Waals surface area (Å²) in [5.41, 5.74) is 0.389. The summed E-state index contributed by atoms with van der Waals surface area (Å²) >= 11 is 0. The van der Waals surface area contributed by atoms with Crippen molar-refractivity contribution in [1.29, 1.82) is 0 Å². The summed E-state index contributed by atoms with van der Waals surface area (Å²) in [4.78, 5) is 12.1. The standard InChI is InChI=1S/C16H18FNO2/c1-16(8-4-9-16)18-15(20)13-11-12(5-2-3-10-19)6-7-14(13)17/h6-7,11,19H,3-4,8-10H2,1H3,(H,18,20). The quantitative estimate of drug-likeness (QED) is 0.831. The number of carbonyl (C=O) groups excluding carboxylic acids is 1. The van der Waals surface area contributed by atoms with Gasteiger partial charge in [-0.15, -0.1) is 0 Å². The highest BCUT2D eigenvalue weighted by Crippen LogP contribution is 2.31. The Balaban J connectivity index is 2.16. The number of carbonyl (C=O) groups is 1. The molecule has 0 spiro atoms. The molecule has 2 rings (SSSR count). The first-order chi connectivity index (χ1) is 9.54. The zero-order valence-electron chi connectivity index (χ0n) is 11.5. The second kappa shape index (κ2) is 6.06. The molecule has 0 saturated heterocycles. The molecule has 4 heteroatoms. The van der Waals surface area contributed by atoms with Crippen molar-refractivity contribution in [2.45, 2.75) is 38.1 Å². The average molecular weight is 275 g/mol. The van der Waals surface area contributed by atoms with Crippen LogP contribution in [0.3, 0.4) is 0 Å². The zero-order chi connectivity index (χ0) is 14.6. The number of aliphatic hydroxyl groups excluding tert-OH is 1. The van der Waals surface area contributed by atoms with E-state index in [-0.39, 0.29) is 17.7 Å². The Labute approximate surface area is 118 Å². The van der Waals surface area contributed by atoms with Crippen LogP contribution in [0.1, 0.15) is 48.5 Å². The van der Waals surface area contributed by atoms with Crippen LogP contribution in [-0.2, 0) is 0 Å². The molecule has 1 fully saturated rings.